The van der Waals surface area contributed by atoms with Crippen LogP contribution in [0.5, 0.6) is 5.75 Å². The zero-order valence-corrected chi connectivity index (χ0v) is 14.1. The third-order valence-corrected chi connectivity index (χ3v) is 3.38. The third kappa shape index (κ3) is 6.00. The average Bonchev–Trinajstić information content (AvgIpc) is 2.52. The number of carboxylic acid groups (broad SMARTS) is 1. The first kappa shape index (κ1) is 19.6. The van der Waals surface area contributed by atoms with E-state index in [1.807, 2.05) is 0 Å². The van der Waals surface area contributed by atoms with Crippen molar-refractivity contribution in [1.29, 1.82) is 0 Å². The number of aliphatic carboxylic acids is 1. The van der Waals surface area contributed by atoms with E-state index in [1.54, 1.807) is 24.3 Å². The van der Waals surface area contributed by atoms with E-state index in [-0.39, 0.29) is 25.4 Å². The normalized spacial score (nSPS) is 13.0. The van der Waals surface area contributed by atoms with Crippen LogP contribution in [0.4, 0.5) is 0 Å². The van der Waals surface area contributed by atoms with E-state index in [1.165, 1.54) is 21.0 Å². The molecule has 0 fully saturated rings. The van der Waals surface area contributed by atoms with Crippen LogP contribution in [0.3, 0.4) is 0 Å². The van der Waals surface area contributed by atoms with E-state index in [9.17, 15) is 14.4 Å². The molecule has 1 aromatic rings. The Morgan fingerprint density at radius 2 is 2.00 bits per heavy atom. The summed E-state index contributed by atoms with van der Waals surface area (Å²) in [5, 5.41) is 11.6. The Labute approximate surface area is 141 Å². The number of nitrogens with one attached hydrogen (secondary N) is 1. The molecule has 1 atom stereocenters. The SMILES string of the molecule is COCC(C)(NC(=O)CCCOc1cccc(C(C)=O)c1)C(=O)O. The zero-order chi connectivity index (χ0) is 18.2. The molecule has 0 saturated heterocycles. The number of methoxy groups -OCH3 is 1. The third-order valence-electron chi connectivity index (χ3n) is 3.38. The zero-order valence-electron chi connectivity index (χ0n) is 14.1. The molecule has 0 radical (unpaired) electrons. The number of ether oxygens (including phenoxy) is 2. The molecule has 1 aromatic carbocycles. The summed E-state index contributed by atoms with van der Waals surface area (Å²) in [6.07, 6.45) is 0.539. The van der Waals surface area contributed by atoms with Gasteiger partial charge in [-0.25, -0.2) is 4.79 Å². The first-order chi connectivity index (χ1) is 11.3. The van der Waals surface area contributed by atoms with Gasteiger partial charge in [0, 0.05) is 19.1 Å². The first-order valence-electron chi connectivity index (χ1n) is 7.55. The summed E-state index contributed by atoms with van der Waals surface area (Å²) in [6.45, 7) is 3.02. The Morgan fingerprint density at radius 3 is 2.58 bits per heavy atom. The predicted octanol–water partition coefficient (Wildman–Crippen LogP) is 1.65. The van der Waals surface area contributed by atoms with Gasteiger partial charge in [0.2, 0.25) is 5.91 Å². The highest BCUT2D eigenvalue weighted by atomic mass is 16.5. The lowest BCUT2D eigenvalue weighted by atomic mass is 10.0. The van der Waals surface area contributed by atoms with Crippen molar-refractivity contribution in [2.45, 2.75) is 32.2 Å². The fourth-order valence-corrected chi connectivity index (χ4v) is 2.04. The summed E-state index contributed by atoms with van der Waals surface area (Å²) in [5.41, 5.74) is -0.898. The molecular formula is C17H23NO6. The van der Waals surface area contributed by atoms with E-state index in [0.717, 1.165) is 0 Å². The Balaban J connectivity index is 2.42. The second-order valence-electron chi connectivity index (χ2n) is 5.65. The van der Waals surface area contributed by atoms with Gasteiger partial charge in [-0.1, -0.05) is 12.1 Å². The Hall–Kier alpha value is -2.41. The highest BCUT2D eigenvalue weighted by Crippen LogP contribution is 2.14. The molecule has 7 nitrogen and oxygen atoms in total. The Bertz CT molecular complexity index is 600. The van der Waals surface area contributed by atoms with Crippen molar-refractivity contribution in [2.24, 2.45) is 0 Å². The van der Waals surface area contributed by atoms with Crippen molar-refractivity contribution >= 4 is 17.7 Å². The van der Waals surface area contributed by atoms with Gasteiger partial charge in [-0.15, -0.1) is 0 Å². The minimum Gasteiger partial charge on any atom is -0.494 e. The van der Waals surface area contributed by atoms with E-state index in [4.69, 9.17) is 14.6 Å². The van der Waals surface area contributed by atoms with E-state index >= 15 is 0 Å². The molecule has 1 unspecified atom stereocenters. The summed E-state index contributed by atoms with van der Waals surface area (Å²) in [7, 11) is 1.37. The average molecular weight is 337 g/mol. The van der Waals surface area contributed by atoms with Crippen LogP contribution in [-0.2, 0) is 14.3 Å². The minimum atomic E-state index is -1.46. The molecule has 0 spiro atoms. The number of carbonyl (C=O) groups is 3. The molecule has 0 saturated carbocycles. The molecule has 132 valence electrons. The number of Topliss-reactive ketones (excluding diaryl/α,β-unsaturated/α-hetero) is 1. The maximum absolute atomic E-state index is 11.9. The quantitative estimate of drug-likeness (QED) is 0.497. The number of benzene rings is 1. The summed E-state index contributed by atoms with van der Waals surface area (Å²) in [6, 6.07) is 6.79. The van der Waals surface area contributed by atoms with Gasteiger partial charge in [-0.3, -0.25) is 9.59 Å². The van der Waals surface area contributed by atoms with Gasteiger partial charge >= 0.3 is 5.97 Å². The molecule has 7 heteroatoms. The number of hydrogen-bond acceptors (Lipinski definition) is 5. The monoisotopic (exact) mass is 337 g/mol. The summed E-state index contributed by atoms with van der Waals surface area (Å²) < 4.78 is 10.3. The molecule has 0 bridgehead atoms. The first-order valence-corrected chi connectivity index (χ1v) is 7.55. The van der Waals surface area contributed by atoms with Crippen molar-refractivity contribution in [1.82, 2.24) is 5.32 Å². The van der Waals surface area contributed by atoms with Gasteiger partial charge in [-0.05, 0) is 32.4 Å². The van der Waals surface area contributed by atoms with Crippen LogP contribution in [0.2, 0.25) is 0 Å². The molecule has 0 heterocycles. The minimum absolute atomic E-state index is 0.0501. The van der Waals surface area contributed by atoms with Crippen LogP contribution in [0.25, 0.3) is 0 Å². The van der Waals surface area contributed by atoms with E-state index < -0.39 is 17.4 Å². The van der Waals surface area contributed by atoms with Gasteiger partial charge in [0.05, 0.1) is 13.2 Å². The molecule has 0 aliphatic rings. The largest absolute Gasteiger partial charge is 0.494 e. The van der Waals surface area contributed by atoms with Crippen molar-refractivity contribution in [3.05, 3.63) is 29.8 Å². The Morgan fingerprint density at radius 1 is 1.29 bits per heavy atom. The van der Waals surface area contributed by atoms with Crippen molar-refractivity contribution in [3.63, 3.8) is 0 Å². The summed E-state index contributed by atoms with van der Waals surface area (Å²) >= 11 is 0. The van der Waals surface area contributed by atoms with E-state index in [2.05, 4.69) is 5.32 Å². The van der Waals surface area contributed by atoms with Gasteiger partial charge in [0.15, 0.2) is 11.3 Å². The molecule has 2 N–H and O–H groups in total. The summed E-state index contributed by atoms with van der Waals surface area (Å²) in [4.78, 5) is 34.4. The van der Waals surface area contributed by atoms with Crippen LogP contribution in [0.1, 0.15) is 37.0 Å². The number of carboxylic acids is 1. The van der Waals surface area contributed by atoms with E-state index in [0.29, 0.717) is 17.7 Å². The van der Waals surface area contributed by atoms with Crippen LogP contribution >= 0.6 is 0 Å². The van der Waals surface area contributed by atoms with Crippen LogP contribution in [-0.4, -0.2) is 48.6 Å². The number of rotatable bonds is 10. The highest BCUT2D eigenvalue weighted by molar-refractivity contribution is 5.94. The molecule has 24 heavy (non-hydrogen) atoms. The van der Waals surface area contributed by atoms with Crippen LogP contribution in [0.15, 0.2) is 24.3 Å². The fourth-order valence-electron chi connectivity index (χ4n) is 2.04. The number of hydrogen-bond donors (Lipinski definition) is 2. The molecule has 1 rings (SSSR count). The second-order valence-corrected chi connectivity index (χ2v) is 5.65. The molecule has 0 aliphatic carbocycles. The van der Waals surface area contributed by atoms with Gasteiger partial charge in [0.1, 0.15) is 5.75 Å². The number of ketones is 1. The van der Waals surface area contributed by atoms with Crippen molar-refractivity contribution < 1.29 is 29.0 Å². The predicted molar refractivity (Wildman–Crippen MR) is 87.2 cm³/mol. The van der Waals surface area contributed by atoms with Crippen LogP contribution < -0.4 is 10.1 Å². The maximum Gasteiger partial charge on any atom is 0.331 e. The Kier molecular flexibility index (Phi) is 7.38. The van der Waals surface area contributed by atoms with Gasteiger partial charge in [0.25, 0.3) is 0 Å². The lowest BCUT2D eigenvalue weighted by Gasteiger charge is -2.25. The number of amides is 1. The second kappa shape index (κ2) is 9.02. The maximum atomic E-state index is 11.9. The lowest BCUT2D eigenvalue weighted by molar-refractivity contribution is -0.149. The van der Waals surface area contributed by atoms with Gasteiger partial charge < -0.3 is 19.9 Å². The van der Waals surface area contributed by atoms with Crippen molar-refractivity contribution in [3.8, 4) is 5.75 Å². The molecular weight excluding hydrogens is 314 g/mol. The standard InChI is InChI=1S/C17H23NO6/c1-12(19)13-6-4-7-14(10-13)24-9-5-8-15(20)18-17(2,11-23-3)16(21)22/h4,6-7,10H,5,8-9,11H2,1-3H3,(H,18,20)(H,21,22). The molecule has 0 aromatic heterocycles. The summed E-state index contributed by atoms with van der Waals surface area (Å²) in [5.74, 6) is -1.04. The smallest absolute Gasteiger partial charge is 0.331 e. The molecule has 1 amide bonds. The lowest BCUT2D eigenvalue weighted by Crippen LogP contribution is -2.55. The highest BCUT2D eigenvalue weighted by Gasteiger charge is 2.34. The fraction of sp³-hybridized carbons (Fsp3) is 0.471. The van der Waals surface area contributed by atoms with Crippen molar-refractivity contribution in [2.75, 3.05) is 20.3 Å². The number of carbonyl (C=O) groups excluding carboxylic acids is 2. The van der Waals surface area contributed by atoms with Gasteiger partial charge in [-0.2, -0.15) is 0 Å². The topological polar surface area (TPSA) is 102 Å². The van der Waals surface area contributed by atoms with Crippen LogP contribution in [0, 0.1) is 0 Å². The molecule has 0 aliphatic heterocycles.